The zero-order valence-electron chi connectivity index (χ0n) is 27.3. The monoisotopic (exact) mass is 675 g/mol. The lowest BCUT2D eigenvalue weighted by Gasteiger charge is -2.34. The number of carbonyl (C=O) groups excluding carboxylic acids is 2. The van der Waals surface area contributed by atoms with Gasteiger partial charge < -0.3 is 15.0 Å². The molecule has 0 saturated heterocycles. The number of benzene rings is 4. The molecule has 248 valence electrons. The number of nitrogens with zero attached hydrogens (tertiary/aromatic N) is 2. The molecule has 0 aliphatic rings. The van der Waals surface area contributed by atoms with Crippen LogP contribution in [0.4, 0.5) is 5.69 Å². The Balaban J connectivity index is 1.84. The van der Waals surface area contributed by atoms with Crippen molar-refractivity contribution in [2.24, 2.45) is 0 Å². The minimum atomic E-state index is -4.27. The number of hydrogen-bond acceptors (Lipinski definition) is 5. The topological polar surface area (TPSA) is 96.0 Å². The number of amides is 2. The number of halogens is 1. The van der Waals surface area contributed by atoms with Crippen LogP contribution >= 0.6 is 11.6 Å². The lowest BCUT2D eigenvalue weighted by atomic mass is 10.0. The van der Waals surface area contributed by atoms with E-state index in [1.165, 1.54) is 24.1 Å². The normalized spacial score (nSPS) is 11.9. The minimum absolute atomic E-state index is 0.0268. The van der Waals surface area contributed by atoms with E-state index in [1.54, 1.807) is 42.5 Å². The fourth-order valence-electron chi connectivity index (χ4n) is 5.24. The zero-order valence-corrected chi connectivity index (χ0v) is 28.9. The van der Waals surface area contributed by atoms with E-state index in [9.17, 15) is 18.0 Å². The van der Waals surface area contributed by atoms with Gasteiger partial charge in [-0.1, -0.05) is 91.2 Å². The van der Waals surface area contributed by atoms with Gasteiger partial charge in [-0.05, 0) is 73.4 Å². The Morgan fingerprint density at radius 1 is 0.872 bits per heavy atom. The van der Waals surface area contributed by atoms with Gasteiger partial charge in [0.15, 0.2) is 0 Å². The van der Waals surface area contributed by atoms with E-state index >= 15 is 0 Å². The molecule has 8 nitrogen and oxygen atoms in total. The molecule has 1 atom stereocenters. The Morgan fingerprint density at radius 2 is 1.55 bits per heavy atom. The van der Waals surface area contributed by atoms with Crippen LogP contribution in [0.15, 0.2) is 102 Å². The second kappa shape index (κ2) is 16.5. The first kappa shape index (κ1) is 35.5. The number of aryl methyl sites for hydroxylation is 2. The maximum atomic E-state index is 14.7. The number of hydrogen-bond donors (Lipinski definition) is 1. The Hall–Kier alpha value is -4.34. The lowest BCUT2D eigenvalue weighted by molar-refractivity contribution is -0.140. The van der Waals surface area contributed by atoms with Crippen LogP contribution < -0.4 is 14.4 Å². The van der Waals surface area contributed by atoms with Crippen molar-refractivity contribution in [1.82, 2.24) is 10.2 Å². The predicted molar refractivity (Wildman–Crippen MR) is 187 cm³/mol. The van der Waals surface area contributed by atoms with E-state index in [4.69, 9.17) is 16.3 Å². The Bertz CT molecular complexity index is 1760. The van der Waals surface area contributed by atoms with Crippen molar-refractivity contribution < 1.29 is 22.7 Å². The number of ether oxygens (including phenoxy) is 1. The van der Waals surface area contributed by atoms with Crippen molar-refractivity contribution in [2.45, 2.75) is 57.5 Å². The molecule has 0 saturated carbocycles. The van der Waals surface area contributed by atoms with Gasteiger partial charge in [0.25, 0.3) is 10.0 Å². The highest BCUT2D eigenvalue weighted by Crippen LogP contribution is 2.34. The fourth-order valence-corrected chi connectivity index (χ4v) is 6.87. The zero-order chi connectivity index (χ0) is 34.0. The molecular weight excluding hydrogens is 634 g/mol. The van der Waals surface area contributed by atoms with Gasteiger partial charge in [0.1, 0.15) is 18.3 Å². The first-order chi connectivity index (χ1) is 22.5. The van der Waals surface area contributed by atoms with E-state index in [0.717, 1.165) is 33.8 Å². The highest BCUT2D eigenvalue weighted by atomic mass is 35.5. The van der Waals surface area contributed by atoms with Gasteiger partial charge in [-0.2, -0.15) is 0 Å². The molecule has 0 aromatic heterocycles. The van der Waals surface area contributed by atoms with Gasteiger partial charge in [0.2, 0.25) is 11.8 Å². The summed E-state index contributed by atoms with van der Waals surface area (Å²) in [5.41, 5.74) is 3.45. The Labute approximate surface area is 283 Å². The van der Waals surface area contributed by atoms with Crippen molar-refractivity contribution in [3.05, 3.63) is 124 Å². The second-order valence-corrected chi connectivity index (χ2v) is 13.8. The van der Waals surface area contributed by atoms with Crippen LogP contribution in [-0.4, -0.2) is 51.4 Å². The second-order valence-electron chi connectivity index (χ2n) is 11.5. The van der Waals surface area contributed by atoms with Crippen molar-refractivity contribution in [3.8, 4) is 5.75 Å². The molecule has 0 aliphatic carbocycles. The van der Waals surface area contributed by atoms with E-state index in [2.05, 4.69) is 5.32 Å². The quantitative estimate of drug-likeness (QED) is 0.141. The molecule has 0 fully saturated rings. The highest BCUT2D eigenvalue weighted by molar-refractivity contribution is 7.92. The summed E-state index contributed by atoms with van der Waals surface area (Å²) in [6.07, 6.45) is 1.89. The van der Waals surface area contributed by atoms with Crippen LogP contribution in [0.3, 0.4) is 0 Å². The van der Waals surface area contributed by atoms with Gasteiger partial charge >= 0.3 is 0 Å². The predicted octanol–water partition coefficient (Wildman–Crippen LogP) is 6.72. The summed E-state index contributed by atoms with van der Waals surface area (Å²) in [5.74, 6) is -0.590. The molecule has 10 heteroatoms. The summed E-state index contributed by atoms with van der Waals surface area (Å²) in [6.45, 7) is 5.64. The molecule has 1 N–H and O–H groups in total. The average molecular weight is 676 g/mol. The van der Waals surface area contributed by atoms with Crippen LogP contribution in [0.1, 0.15) is 42.0 Å². The van der Waals surface area contributed by atoms with E-state index in [-0.39, 0.29) is 29.5 Å². The summed E-state index contributed by atoms with van der Waals surface area (Å²) in [7, 11) is -2.81. The standard InChI is InChI=1S/C37H42ClN3O5S/c1-5-6-21-39-37(43)34(24-29-11-8-7-9-12-29)40(25-30-13-10-14-31(38)23-30)36(42)26-41(33-22-28(3)17-20-35(33)46-4)47(44,45)32-18-15-27(2)16-19-32/h7-20,22-23,34H,5-6,21,24-26H2,1-4H3,(H,39,43)/t34-/m1/s1. The Morgan fingerprint density at radius 3 is 2.21 bits per heavy atom. The molecule has 4 aromatic rings. The molecule has 0 spiro atoms. The van der Waals surface area contributed by atoms with Crippen LogP contribution in [0.5, 0.6) is 5.75 Å². The summed E-state index contributed by atoms with van der Waals surface area (Å²) in [5, 5.41) is 3.48. The van der Waals surface area contributed by atoms with Crippen molar-refractivity contribution >= 4 is 39.1 Å². The third kappa shape index (κ3) is 9.36. The van der Waals surface area contributed by atoms with E-state index in [1.807, 2.05) is 63.2 Å². The molecule has 0 radical (unpaired) electrons. The molecule has 0 aliphatic heterocycles. The summed E-state index contributed by atoms with van der Waals surface area (Å²) in [6, 6.07) is 27.2. The van der Waals surface area contributed by atoms with Crippen molar-refractivity contribution in [2.75, 3.05) is 24.5 Å². The largest absolute Gasteiger partial charge is 0.495 e. The maximum Gasteiger partial charge on any atom is 0.264 e. The van der Waals surface area contributed by atoms with Gasteiger partial charge in [-0.3, -0.25) is 13.9 Å². The number of anilines is 1. The maximum absolute atomic E-state index is 14.7. The summed E-state index contributed by atoms with van der Waals surface area (Å²) < 4.78 is 35.4. The highest BCUT2D eigenvalue weighted by Gasteiger charge is 2.35. The molecule has 0 unspecified atom stereocenters. The van der Waals surface area contributed by atoms with Crippen LogP contribution in [0.25, 0.3) is 0 Å². The number of methoxy groups -OCH3 is 1. The molecule has 4 rings (SSSR count). The first-order valence-corrected chi connectivity index (χ1v) is 17.4. The summed E-state index contributed by atoms with van der Waals surface area (Å²) in [4.78, 5) is 30.0. The van der Waals surface area contributed by atoms with Gasteiger partial charge in [-0.15, -0.1) is 0 Å². The summed E-state index contributed by atoms with van der Waals surface area (Å²) >= 11 is 6.33. The molecule has 47 heavy (non-hydrogen) atoms. The third-order valence-corrected chi connectivity index (χ3v) is 9.84. The minimum Gasteiger partial charge on any atom is -0.495 e. The Kier molecular flexibility index (Phi) is 12.4. The van der Waals surface area contributed by atoms with Crippen molar-refractivity contribution in [1.29, 1.82) is 0 Å². The SMILES string of the molecule is CCCCNC(=O)[C@@H](Cc1ccccc1)N(Cc1cccc(Cl)c1)C(=O)CN(c1cc(C)ccc1OC)S(=O)(=O)c1ccc(C)cc1. The molecule has 2 amide bonds. The average Bonchev–Trinajstić information content (AvgIpc) is 3.05. The van der Waals surface area contributed by atoms with Crippen LogP contribution in [-0.2, 0) is 32.6 Å². The fraction of sp³-hybridized carbons (Fsp3) is 0.297. The van der Waals surface area contributed by atoms with Gasteiger partial charge in [0, 0.05) is 24.5 Å². The molecule has 4 aromatic carbocycles. The number of unbranched alkanes of at least 4 members (excludes halogenated alkanes) is 1. The van der Waals surface area contributed by atoms with Crippen molar-refractivity contribution in [3.63, 3.8) is 0 Å². The number of sulfonamides is 1. The number of nitrogens with one attached hydrogen (secondary N) is 1. The molecular formula is C37H42ClN3O5S. The van der Waals surface area contributed by atoms with Crippen LogP contribution in [0, 0.1) is 13.8 Å². The van der Waals surface area contributed by atoms with Crippen LogP contribution in [0.2, 0.25) is 5.02 Å². The van der Waals surface area contributed by atoms with Gasteiger partial charge in [-0.25, -0.2) is 8.42 Å². The van der Waals surface area contributed by atoms with Gasteiger partial charge in [0.05, 0.1) is 17.7 Å². The van der Waals surface area contributed by atoms with E-state index < -0.39 is 28.5 Å². The number of rotatable bonds is 15. The molecule has 0 bridgehead atoms. The molecule has 0 heterocycles. The van der Waals surface area contributed by atoms with E-state index in [0.29, 0.717) is 22.9 Å². The first-order valence-electron chi connectivity index (χ1n) is 15.6. The third-order valence-electron chi connectivity index (χ3n) is 7.83. The smallest absolute Gasteiger partial charge is 0.264 e. The lowest BCUT2D eigenvalue weighted by Crippen LogP contribution is -2.53. The number of carbonyl (C=O) groups is 2.